The van der Waals surface area contributed by atoms with Crippen LogP contribution >= 0.6 is 0 Å². The average molecular weight is 324 g/mol. The van der Waals surface area contributed by atoms with Gasteiger partial charge >= 0.3 is 6.18 Å². The van der Waals surface area contributed by atoms with E-state index in [2.05, 4.69) is 28.0 Å². The first-order valence-electron chi connectivity index (χ1n) is 6.79. The Morgan fingerprint density at radius 1 is 1.39 bits per heavy atom. The highest BCUT2D eigenvalue weighted by atomic mass is 19.4. The number of nitrogens with zero attached hydrogens (tertiary/aromatic N) is 3. The van der Waals surface area contributed by atoms with Crippen LogP contribution < -0.4 is 16.3 Å². The van der Waals surface area contributed by atoms with Gasteiger partial charge in [-0.3, -0.25) is 5.01 Å². The van der Waals surface area contributed by atoms with Gasteiger partial charge in [-0.05, 0) is 12.1 Å². The third kappa shape index (κ3) is 2.95. The molecule has 0 saturated carbocycles. The Hall–Kier alpha value is -2.68. The van der Waals surface area contributed by atoms with E-state index in [1.165, 1.54) is 6.20 Å². The Morgan fingerprint density at radius 3 is 2.87 bits per heavy atom. The molecule has 0 spiro atoms. The smallest absolute Gasteiger partial charge is 0.388 e. The molecule has 9 heteroatoms. The predicted molar refractivity (Wildman–Crippen MR) is 80.3 cm³/mol. The third-order valence-electron chi connectivity index (χ3n) is 3.48. The summed E-state index contributed by atoms with van der Waals surface area (Å²) in [6.07, 6.45) is 0.492. The maximum absolute atomic E-state index is 12.6. The van der Waals surface area contributed by atoms with Crippen molar-refractivity contribution in [1.82, 2.24) is 30.9 Å². The highest BCUT2D eigenvalue weighted by molar-refractivity contribution is 5.77. The van der Waals surface area contributed by atoms with Crippen molar-refractivity contribution in [1.29, 1.82) is 0 Å². The molecule has 0 aliphatic carbocycles. The Kier molecular flexibility index (Phi) is 3.64. The Labute approximate surface area is 130 Å². The first kappa shape index (κ1) is 15.2. The number of hydrogen-bond donors (Lipinski definition) is 3. The van der Waals surface area contributed by atoms with Gasteiger partial charge in [0.05, 0.1) is 17.4 Å². The number of pyridine rings is 1. The molecule has 0 aromatic carbocycles. The van der Waals surface area contributed by atoms with Crippen molar-refractivity contribution in [3.8, 4) is 0 Å². The summed E-state index contributed by atoms with van der Waals surface area (Å²) in [6.45, 7) is 2.78. The number of hydrazine groups is 2. The van der Waals surface area contributed by atoms with Crippen molar-refractivity contribution in [3.63, 3.8) is 0 Å². The van der Waals surface area contributed by atoms with E-state index in [1.807, 2.05) is 0 Å². The highest BCUT2D eigenvalue weighted by Gasteiger charge is 2.33. The molecule has 3 heterocycles. The van der Waals surface area contributed by atoms with Gasteiger partial charge in [0.2, 0.25) is 0 Å². The molecule has 2 aromatic heterocycles. The highest BCUT2D eigenvalue weighted by Crippen LogP contribution is 2.26. The molecule has 6 nitrogen and oxygen atoms in total. The summed E-state index contributed by atoms with van der Waals surface area (Å²) in [5.74, 6) is 0. The fourth-order valence-corrected chi connectivity index (χ4v) is 2.36. The molecular weight excluding hydrogens is 309 g/mol. The minimum Gasteiger partial charge on any atom is -0.388 e. The molecule has 3 rings (SSSR count). The van der Waals surface area contributed by atoms with Crippen LogP contribution in [0.5, 0.6) is 0 Å². The number of rotatable bonds is 4. The van der Waals surface area contributed by atoms with Gasteiger partial charge in [0, 0.05) is 36.3 Å². The molecule has 0 bridgehead atoms. The van der Waals surface area contributed by atoms with Crippen LogP contribution in [0, 0.1) is 0 Å². The van der Waals surface area contributed by atoms with E-state index in [1.54, 1.807) is 36.1 Å². The largest absolute Gasteiger partial charge is 0.407 e. The fraction of sp³-hybridized carbons (Fsp3) is 0.214. The summed E-state index contributed by atoms with van der Waals surface area (Å²) < 4.78 is 39.4. The van der Waals surface area contributed by atoms with Crippen molar-refractivity contribution in [3.05, 3.63) is 48.4 Å². The number of halogens is 3. The van der Waals surface area contributed by atoms with Crippen molar-refractivity contribution >= 4 is 16.9 Å². The van der Waals surface area contributed by atoms with Crippen molar-refractivity contribution in [2.75, 3.05) is 13.6 Å². The average Bonchev–Trinajstić information content (AvgIpc) is 3.10. The summed E-state index contributed by atoms with van der Waals surface area (Å²) in [6, 6.07) is 3.54. The van der Waals surface area contributed by atoms with Crippen molar-refractivity contribution < 1.29 is 13.2 Å². The minimum absolute atomic E-state index is 0.383. The maximum Gasteiger partial charge on any atom is 0.407 e. The molecule has 0 atom stereocenters. The van der Waals surface area contributed by atoms with Crippen LogP contribution in [0.4, 0.5) is 13.2 Å². The third-order valence-corrected chi connectivity index (χ3v) is 3.48. The lowest BCUT2D eigenvalue weighted by molar-refractivity contribution is -0.143. The zero-order chi connectivity index (χ0) is 16.6. The fourth-order valence-electron chi connectivity index (χ4n) is 2.36. The zero-order valence-corrected chi connectivity index (χ0v) is 12.3. The SMILES string of the molecule is C=C(NC)c1cnn2cc(C3=CNNN3CC(F)(F)F)ccc12. The summed E-state index contributed by atoms with van der Waals surface area (Å²) in [5, 5.41) is 8.17. The number of fused-ring (bicyclic) bond motifs is 1. The number of hydrogen-bond acceptors (Lipinski definition) is 5. The quantitative estimate of drug-likeness (QED) is 0.799. The van der Waals surface area contributed by atoms with Crippen LogP contribution in [0.1, 0.15) is 11.1 Å². The predicted octanol–water partition coefficient (Wildman–Crippen LogP) is 1.71. The number of aromatic nitrogens is 2. The molecule has 2 aromatic rings. The van der Waals surface area contributed by atoms with E-state index in [9.17, 15) is 13.2 Å². The van der Waals surface area contributed by atoms with Gasteiger partial charge in [0.25, 0.3) is 0 Å². The van der Waals surface area contributed by atoms with Gasteiger partial charge in [0.1, 0.15) is 6.54 Å². The summed E-state index contributed by atoms with van der Waals surface area (Å²) in [5.41, 5.74) is 8.40. The Morgan fingerprint density at radius 2 is 2.17 bits per heavy atom. The van der Waals surface area contributed by atoms with Gasteiger partial charge in [-0.25, -0.2) is 4.52 Å². The minimum atomic E-state index is -4.31. The molecule has 0 fully saturated rings. The first-order chi connectivity index (χ1) is 10.9. The summed E-state index contributed by atoms with van der Waals surface area (Å²) >= 11 is 0. The first-order valence-corrected chi connectivity index (χ1v) is 6.79. The van der Waals surface area contributed by atoms with Gasteiger partial charge in [-0.2, -0.15) is 18.3 Å². The zero-order valence-electron chi connectivity index (χ0n) is 12.3. The Balaban J connectivity index is 1.93. The molecule has 23 heavy (non-hydrogen) atoms. The van der Waals surface area contributed by atoms with Crippen molar-refractivity contribution in [2.45, 2.75) is 6.18 Å². The molecule has 1 aliphatic heterocycles. The number of alkyl halides is 3. The molecule has 0 saturated heterocycles. The van der Waals surface area contributed by atoms with Gasteiger partial charge < -0.3 is 10.7 Å². The molecule has 0 amide bonds. The molecular formula is C14H15F3N6. The lowest BCUT2D eigenvalue weighted by Gasteiger charge is -2.22. The van der Waals surface area contributed by atoms with E-state index in [-0.39, 0.29) is 0 Å². The van der Waals surface area contributed by atoms with Crippen LogP contribution in [0.25, 0.3) is 16.9 Å². The lowest BCUT2D eigenvalue weighted by atomic mass is 10.1. The van der Waals surface area contributed by atoms with E-state index in [4.69, 9.17) is 0 Å². The summed E-state index contributed by atoms with van der Waals surface area (Å²) in [7, 11) is 1.76. The van der Waals surface area contributed by atoms with Gasteiger partial charge in [-0.1, -0.05) is 6.58 Å². The molecule has 0 radical (unpaired) electrons. The topological polar surface area (TPSA) is 56.6 Å². The molecule has 0 unspecified atom stereocenters. The van der Waals surface area contributed by atoms with E-state index in [0.29, 0.717) is 11.3 Å². The van der Waals surface area contributed by atoms with Crippen LogP contribution in [0.3, 0.4) is 0 Å². The maximum atomic E-state index is 12.6. The second-order valence-corrected chi connectivity index (χ2v) is 5.02. The second kappa shape index (κ2) is 5.51. The number of nitrogens with one attached hydrogen (secondary N) is 3. The summed E-state index contributed by atoms with van der Waals surface area (Å²) in [4.78, 5) is 0. The Bertz CT molecular complexity index is 776. The molecule has 1 aliphatic rings. The second-order valence-electron chi connectivity index (χ2n) is 5.02. The van der Waals surface area contributed by atoms with Crippen LogP contribution in [-0.2, 0) is 0 Å². The van der Waals surface area contributed by atoms with Crippen LogP contribution in [0.15, 0.2) is 37.3 Å². The van der Waals surface area contributed by atoms with E-state index < -0.39 is 12.7 Å². The molecule has 122 valence electrons. The van der Waals surface area contributed by atoms with Gasteiger partial charge in [-0.15, -0.1) is 5.53 Å². The van der Waals surface area contributed by atoms with Gasteiger partial charge in [0.15, 0.2) is 0 Å². The normalized spacial score (nSPS) is 14.8. The monoisotopic (exact) mass is 324 g/mol. The molecule has 3 N–H and O–H groups in total. The van der Waals surface area contributed by atoms with Crippen LogP contribution in [0.2, 0.25) is 0 Å². The van der Waals surface area contributed by atoms with Crippen molar-refractivity contribution in [2.24, 2.45) is 0 Å². The van der Waals surface area contributed by atoms with Crippen LogP contribution in [-0.4, -0.2) is 34.4 Å². The lowest BCUT2D eigenvalue weighted by Crippen LogP contribution is -2.42. The standard InChI is InChI=1S/C14H15F3N6/c1-9(18-2)11-5-20-22-7-10(3-4-12(11)22)13-6-19-21-23(13)8-14(15,16)17/h3-7,18-19,21H,1,8H2,2H3. The van der Waals surface area contributed by atoms with E-state index >= 15 is 0 Å². The van der Waals surface area contributed by atoms with E-state index in [0.717, 1.165) is 21.8 Å².